The van der Waals surface area contributed by atoms with E-state index in [2.05, 4.69) is 14.7 Å². The van der Waals surface area contributed by atoms with Crippen LogP contribution in [-0.2, 0) is 4.74 Å². The summed E-state index contributed by atoms with van der Waals surface area (Å²) in [6.07, 6.45) is 5.90. The number of nitrogens with two attached hydrogens (primary N) is 1. The maximum absolute atomic E-state index is 6.00. The average molecular weight is 290 g/mol. The second kappa shape index (κ2) is 6.19. The number of nitrogen functional groups attached to an aromatic ring is 1. The summed E-state index contributed by atoms with van der Waals surface area (Å²) < 4.78 is 9.77. The average Bonchev–Trinajstić information content (AvgIpc) is 2.88. The summed E-state index contributed by atoms with van der Waals surface area (Å²) in [5.41, 5.74) is 8.03. The Morgan fingerprint density at radius 1 is 1.40 bits per heavy atom. The first-order valence-corrected chi connectivity index (χ1v) is 7.59. The fourth-order valence-electron chi connectivity index (χ4n) is 2.43. The lowest BCUT2D eigenvalue weighted by molar-refractivity contribution is 0.0595. The Bertz CT molecular complexity index is 552. The van der Waals surface area contributed by atoms with Crippen LogP contribution in [0, 0.1) is 5.92 Å². The third-order valence-corrected chi connectivity index (χ3v) is 4.31. The topological polar surface area (TPSA) is 73.1 Å². The molecule has 1 aliphatic rings. The SMILES string of the molecule is Nc1nsc(NCC2CCCOC2)c1-c1ccncc1. The monoisotopic (exact) mass is 290 g/mol. The highest BCUT2D eigenvalue weighted by Gasteiger charge is 2.17. The maximum Gasteiger partial charge on any atom is 0.147 e. The number of hydrogen-bond acceptors (Lipinski definition) is 6. The van der Waals surface area contributed by atoms with Gasteiger partial charge in [-0.3, -0.25) is 4.98 Å². The van der Waals surface area contributed by atoms with Crippen LogP contribution in [0.15, 0.2) is 24.5 Å². The van der Waals surface area contributed by atoms with Crippen molar-refractivity contribution in [3.05, 3.63) is 24.5 Å². The molecule has 2 aromatic heterocycles. The van der Waals surface area contributed by atoms with Gasteiger partial charge in [0.05, 0.1) is 12.2 Å². The van der Waals surface area contributed by atoms with E-state index in [4.69, 9.17) is 10.5 Å². The summed E-state index contributed by atoms with van der Waals surface area (Å²) in [7, 11) is 0. The Hall–Kier alpha value is -1.66. The van der Waals surface area contributed by atoms with Gasteiger partial charge in [-0.05, 0) is 48.0 Å². The molecule has 1 unspecified atom stereocenters. The molecule has 1 aliphatic heterocycles. The molecule has 6 heteroatoms. The molecule has 0 spiro atoms. The van der Waals surface area contributed by atoms with Crippen LogP contribution in [-0.4, -0.2) is 29.1 Å². The molecule has 1 saturated heterocycles. The Balaban J connectivity index is 1.74. The summed E-state index contributed by atoms with van der Waals surface area (Å²) in [5.74, 6) is 1.14. The summed E-state index contributed by atoms with van der Waals surface area (Å²) in [6, 6.07) is 3.91. The molecule has 0 aliphatic carbocycles. The number of nitrogens with one attached hydrogen (secondary N) is 1. The van der Waals surface area contributed by atoms with Crippen molar-refractivity contribution in [3.63, 3.8) is 0 Å². The van der Waals surface area contributed by atoms with Crippen molar-refractivity contribution in [2.45, 2.75) is 12.8 Å². The first-order chi connectivity index (χ1) is 9.84. The Labute approximate surface area is 122 Å². The normalized spacial score (nSPS) is 18.9. The lowest BCUT2D eigenvalue weighted by Crippen LogP contribution is -2.24. The lowest BCUT2D eigenvalue weighted by Gasteiger charge is -2.22. The van der Waals surface area contributed by atoms with Crippen LogP contribution in [0.4, 0.5) is 10.8 Å². The van der Waals surface area contributed by atoms with E-state index in [0.29, 0.717) is 11.7 Å². The largest absolute Gasteiger partial charge is 0.382 e. The molecule has 0 amide bonds. The number of hydrogen-bond donors (Lipinski definition) is 2. The summed E-state index contributed by atoms with van der Waals surface area (Å²) in [4.78, 5) is 4.04. The number of anilines is 2. The predicted octanol–water partition coefficient (Wildman–Crippen LogP) is 2.63. The zero-order chi connectivity index (χ0) is 13.8. The van der Waals surface area contributed by atoms with E-state index in [1.165, 1.54) is 18.0 Å². The van der Waals surface area contributed by atoms with Crippen LogP contribution in [0.1, 0.15) is 12.8 Å². The highest BCUT2D eigenvalue weighted by Crippen LogP contribution is 2.36. The fraction of sp³-hybridized carbons (Fsp3) is 0.429. The summed E-state index contributed by atoms with van der Waals surface area (Å²) in [5, 5.41) is 4.51. The molecule has 1 atom stereocenters. The number of ether oxygens (including phenoxy) is 1. The van der Waals surface area contributed by atoms with E-state index in [-0.39, 0.29) is 0 Å². The Kier molecular flexibility index (Phi) is 4.13. The van der Waals surface area contributed by atoms with Crippen LogP contribution >= 0.6 is 11.5 Å². The minimum absolute atomic E-state index is 0.567. The molecule has 106 valence electrons. The van der Waals surface area contributed by atoms with Crippen LogP contribution in [0.5, 0.6) is 0 Å². The first kappa shape index (κ1) is 13.3. The third-order valence-electron chi connectivity index (χ3n) is 3.49. The van der Waals surface area contributed by atoms with Crippen molar-refractivity contribution in [2.75, 3.05) is 30.8 Å². The van der Waals surface area contributed by atoms with Crippen LogP contribution in [0.25, 0.3) is 11.1 Å². The maximum atomic E-state index is 6.00. The number of aromatic nitrogens is 2. The van der Waals surface area contributed by atoms with E-state index in [0.717, 1.165) is 42.3 Å². The second-order valence-electron chi connectivity index (χ2n) is 4.97. The van der Waals surface area contributed by atoms with Crippen molar-refractivity contribution in [2.24, 2.45) is 5.92 Å². The standard InChI is InChI=1S/C14H18N4OS/c15-13-12(11-3-5-16-6-4-11)14(20-18-13)17-8-10-2-1-7-19-9-10/h3-6,10,17H,1-2,7-9H2,(H2,15,18). The molecular formula is C14H18N4OS. The molecule has 3 heterocycles. The van der Waals surface area contributed by atoms with Crippen molar-refractivity contribution < 1.29 is 4.74 Å². The fourth-order valence-corrected chi connectivity index (χ4v) is 3.17. The highest BCUT2D eigenvalue weighted by molar-refractivity contribution is 7.11. The van der Waals surface area contributed by atoms with E-state index in [1.807, 2.05) is 12.1 Å². The third kappa shape index (κ3) is 2.91. The Morgan fingerprint density at radius 2 is 2.25 bits per heavy atom. The van der Waals surface area contributed by atoms with Gasteiger partial charge in [0, 0.05) is 25.5 Å². The number of nitrogens with zero attached hydrogens (tertiary/aromatic N) is 2. The number of rotatable bonds is 4. The van der Waals surface area contributed by atoms with Gasteiger partial charge < -0.3 is 15.8 Å². The van der Waals surface area contributed by atoms with Crippen LogP contribution in [0.3, 0.4) is 0 Å². The summed E-state index contributed by atoms with van der Waals surface area (Å²) in [6.45, 7) is 2.64. The minimum atomic E-state index is 0.567. The molecule has 0 bridgehead atoms. The Morgan fingerprint density at radius 3 is 3.00 bits per heavy atom. The van der Waals surface area contributed by atoms with E-state index in [1.54, 1.807) is 12.4 Å². The molecular weight excluding hydrogens is 272 g/mol. The molecule has 3 rings (SSSR count). The second-order valence-corrected chi connectivity index (χ2v) is 5.75. The first-order valence-electron chi connectivity index (χ1n) is 6.82. The van der Waals surface area contributed by atoms with Gasteiger partial charge in [-0.25, -0.2) is 0 Å². The molecule has 0 saturated carbocycles. The van der Waals surface area contributed by atoms with Crippen molar-refractivity contribution in [1.29, 1.82) is 0 Å². The van der Waals surface area contributed by atoms with Gasteiger partial charge in [0.2, 0.25) is 0 Å². The van der Waals surface area contributed by atoms with Crippen molar-refractivity contribution >= 4 is 22.4 Å². The minimum Gasteiger partial charge on any atom is -0.382 e. The molecule has 20 heavy (non-hydrogen) atoms. The van der Waals surface area contributed by atoms with Crippen LogP contribution < -0.4 is 11.1 Å². The molecule has 3 N–H and O–H groups in total. The van der Waals surface area contributed by atoms with E-state index in [9.17, 15) is 0 Å². The molecule has 5 nitrogen and oxygen atoms in total. The van der Waals surface area contributed by atoms with E-state index < -0.39 is 0 Å². The van der Waals surface area contributed by atoms with Crippen molar-refractivity contribution in [1.82, 2.24) is 9.36 Å². The quantitative estimate of drug-likeness (QED) is 0.905. The lowest BCUT2D eigenvalue weighted by atomic mass is 10.0. The van der Waals surface area contributed by atoms with Gasteiger partial charge in [-0.2, -0.15) is 4.37 Å². The van der Waals surface area contributed by atoms with Gasteiger partial charge in [-0.1, -0.05) is 0 Å². The highest BCUT2D eigenvalue weighted by atomic mass is 32.1. The molecule has 0 radical (unpaired) electrons. The van der Waals surface area contributed by atoms with Crippen molar-refractivity contribution in [3.8, 4) is 11.1 Å². The van der Waals surface area contributed by atoms with Gasteiger partial charge in [0.1, 0.15) is 10.8 Å². The van der Waals surface area contributed by atoms with Gasteiger partial charge in [-0.15, -0.1) is 0 Å². The van der Waals surface area contributed by atoms with Gasteiger partial charge >= 0.3 is 0 Å². The summed E-state index contributed by atoms with van der Waals surface area (Å²) >= 11 is 1.41. The van der Waals surface area contributed by atoms with Crippen LogP contribution in [0.2, 0.25) is 0 Å². The molecule has 0 aromatic carbocycles. The zero-order valence-electron chi connectivity index (χ0n) is 11.2. The van der Waals surface area contributed by atoms with Gasteiger partial charge in [0.15, 0.2) is 0 Å². The molecule has 2 aromatic rings. The predicted molar refractivity (Wildman–Crippen MR) is 81.8 cm³/mol. The van der Waals surface area contributed by atoms with Gasteiger partial charge in [0.25, 0.3) is 0 Å². The zero-order valence-corrected chi connectivity index (χ0v) is 12.0. The van der Waals surface area contributed by atoms with E-state index >= 15 is 0 Å². The number of pyridine rings is 1. The smallest absolute Gasteiger partial charge is 0.147 e. The molecule has 1 fully saturated rings.